The highest BCUT2D eigenvalue weighted by Crippen LogP contribution is 2.49. The molecule has 0 aliphatic rings. The van der Waals surface area contributed by atoms with Crippen molar-refractivity contribution in [1.82, 2.24) is 0 Å². The van der Waals surface area contributed by atoms with Crippen LogP contribution in [0.3, 0.4) is 0 Å². The lowest BCUT2D eigenvalue weighted by Crippen LogP contribution is -2.11. The van der Waals surface area contributed by atoms with Gasteiger partial charge in [0.1, 0.15) is 16.7 Å². The Morgan fingerprint density at radius 2 is 0.909 bits per heavy atom. The molecule has 0 aliphatic heterocycles. The first kappa shape index (κ1) is 31.2. The fourth-order valence-corrected chi connectivity index (χ4v) is 8.38. The van der Waals surface area contributed by atoms with E-state index in [1.54, 1.807) is 0 Å². The average Bonchev–Trinajstić information content (AvgIpc) is 3.84. The van der Waals surface area contributed by atoms with Crippen molar-refractivity contribution in [3.8, 4) is 33.4 Å². The molecule has 258 valence electrons. The third kappa shape index (κ3) is 5.05. The van der Waals surface area contributed by atoms with Crippen molar-refractivity contribution < 1.29 is 8.83 Å². The Hall–Kier alpha value is -7.36. The summed E-state index contributed by atoms with van der Waals surface area (Å²) in [6, 6.07) is 70.8. The van der Waals surface area contributed by atoms with Gasteiger partial charge in [-0.1, -0.05) is 158 Å². The molecule has 11 aromatic rings. The highest BCUT2D eigenvalue weighted by Gasteiger charge is 2.25. The van der Waals surface area contributed by atoms with Crippen molar-refractivity contribution in [1.29, 1.82) is 0 Å². The molecule has 0 bridgehead atoms. The molecule has 55 heavy (non-hydrogen) atoms. The van der Waals surface area contributed by atoms with Crippen molar-refractivity contribution in [2.24, 2.45) is 0 Å². The summed E-state index contributed by atoms with van der Waals surface area (Å²) in [7, 11) is 0. The molecule has 11 rings (SSSR count). The summed E-state index contributed by atoms with van der Waals surface area (Å²) in [6.07, 6.45) is 0. The van der Waals surface area contributed by atoms with Gasteiger partial charge in [-0.05, 0) is 81.1 Å². The van der Waals surface area contributed by atoms with Gasteiger partial charge in [0.05, 0.1) is 16.8 Å². The van der Waals surface area contributed by atoms with Crippen molar-refractivity contribution in [2.45, 2.75) is 0 Å². The molecule has 0 spiro atoms. The maximum Gasteiger partial charge on any atom is 0.159 e. The second-order valence-corrected chi connectivity index (χ2v) is 14.0. The Labute approximate surface area is 317 Å². The monoisotopic (exact) mass is 703 g/mol. The van der Waals surface area contributed by atoms with E-state index in [4.69, 9.17) is 8.83 Å². The third-order valence-electron chi connectivity index (χ3n) is 10.9. The Bertz CT molecular complexity index is 3190. The quantitative estimate of drug-likeness (QED) is 0.173. The van der Waals surface area contributed by atoms with Crippen LogP contribution in [0, 0.1) is 0 Å². The molecule has 9 aromatic carbocycles. The molecule has 0 aliphatic carbocycles. The average molecular weight is 704 g/mol. The molecule has 0 fully saturated rings. The molecular weight excluding hydrogens is 671 g/mol. The lowest BCUT2D eigenvalue weighted by Gasteiger charge is -2.27. The van der Waals surface area contributed by atoms with E-state index >= 15 is 0 Å². The summed E-state index contributed by atoms with van der Waals surface area (Å²) in [5, 5.41) is 6.72. The molecule has 0 radical (unpaired) electrons. The maximum absolute atomic E-state index is 6.76. The molecule has 0 saturated carbocycles. The minimum atomic E-state index is 0.835. The van der Waals surface area contributed by atoms with E-state index in [1.165, 1.54) is 27.5 Å². The molecule has 3 heteroatoms. The summed E-state index contributed by atoms with van der Waals surface area (Å²) in [5.74, 6) is 0. The van der Waals surface area contributed by atoms with Crippen LogP contribution in [0.15, 0.2) is 209 Å². The number of hydrogen-bond acceptors (Lipinski definition) is 3. The third-order valence-corrected chi connectivity index (χ3v) is 10.9. The number of hydrogen-bond donors (Lipinski definition) is 0. The molecule has 0 N–H and O–H groups in total. The van der Waals surface area contributed by atoms with E-state index in [1.807, 2.05) is 24.3 Å². The first-order valence-corrected chi connectivity index (χ1v) is 18.7. The smallest absolute Gasteiger partial charge is 0.159 e. The largest absolute Gasteiger partial charge is 0.455 e. The number of para-hydroxylation sites is 3. The van der Waals surface area contributed by atoms with Gasteiger partial charge in [0.15, 0.2) is 5.58 Å². The lowest BCUT2D eigenvalue weighted by atomic mass is 9.89. The summed E-state index contributed by atoms with van der Waals surface area (Å²) >= 11 is 0. The van der Waals surface area contributed by atoms with Gasteiger partial charge in [0.25, 0.3) is 0 Å². The summed E-state index contributed by atoms with van der Waals surface area (Å²) < 4.78 is 13.5. The van der Waals surface area contributed by atoms with Gasteiger partial charge < -0.3 is 13.7 Å². The number of fused-ring (bicyclic) bond motifs is 7. The van der Waals surface area contributed by atoms with Crippen molar-refractivity contribution >= 4 is 71.7 Å². The standard InChI is InChI=1S/C52H33NO2/c1-3-14-34(15-4-1)40-31-28-36-18-7-8-19-39(36)49(40)37-26-29-38(30-27-37)53(46-23-13-22-43-42-20-9-11-24-47(42)54-51(43)46)45-33-32-41(35-16-5-2-6-17-35)52-50(45)44-21-10-12-25-48(44)55-52/h1-33H. The second kappa shape index (κ2) is 12.6. The van der Waals surface area contributed by atoms with Crippen LogP contribution < -0.4 is 4.90 Å². The molecule has 3 nitrogen and oxygen atoms in total. The van der Waals surface area contributed by atoms with Crippen molar-refractivity contribution in [3.63, 3.8) is 0 Å². The van der Waals surface area contributed by atoms with Crippen LogP contribution in [0.4, 0.5) is 17.1 Å². The van der Waals surface area contributed by atoms with E-state index in [0.29, 0.717) is 0 Å². The Morgan fingerprint density at radius 3 is 1.67 bits per heavy atom. The van der Waals surface area contributed by atoms with Crippen molar-refractivity contribution in [3.05, 3.63) is 200 Å². The highest BCUT2D eigenvalue weighted by atomic mass is 16.3. The fourth-order valence-electron chi connectivity index (χ4n) is 8.38. The van der Waals surface area contributed by atoms with Gasteiger partial charge in [0.2, 0.25) is 0 Å². The predicted molar refractivity (Wildman–Crippen MR) is 229 cm³/mol. The van der Waals surface area contributed by atoms with E-state index in [-0.39, 0.29) is 0 Å². The number of anilines is 3. The molecule has 0 amide bonds. The Balaban J connectivity index is 1.18. The van der Waals surface area contributed by atoms with Crippen LogP contribution in [0.1, 0.15) is 0 Å². The summed E-state index contributed by atoms with van der Waals surface area (Å²) in [5.41, 5.74) is 13.3. The molecule has 0 saturated heterocycles. The zero-order valence-electron chi connectivity index (χ0n) is 29.8. The van der Waals surface area contributed by atoms with Crippen LogP contribution in [-0.4, -0.2) is 0 Å². The fraction of sp³-hybridized carbons (Fsp3) is 0. The minimum absolute atomic E-state index is 0.835. The minimum Gasteiger partial charge on any atom is -0.455 e. The second-order valence-electron chi connectivity index (χ2n) is 14.0. The van der Waals surface area contributed by atoms with Gasteiger partial charge in [-0.3, -0.25) is 0 Å². The normalized spacial score (nSPS) is 11.6. The lowest BCUT2D eigenvalue weighted by molar-refractivity contribution is 0.668. The zero-order valence-corrected chi connectivity index (χ0v) is 29.8. The number of rotatable bonds is 6. The first-order chi connectivity index (χ1) is 27.3. The van der Waals surface area contributed by atoms with Gasteiger partial charge in [-0.25, -0.2) is 0 Å². The first-order valence-electron chi connectivity index (χ1n) is 18.7. The maximum atomic E-state index is 6.76. The summed E-state index contributed by atoms with van der Waals surface area (Å²) in [4.78, 5) is 2.34. The van der Waals surface area contributed by atoms with E-state index < -0.39 is 0 Å². The van der Waals surface area contributed by atoms with Gasteiger partial charge in [-0.2, -0.15) is 0 Å². The summed E-state index contributed by atoms with van der Waals surface area (Å²) in [6.45, 7) is 0. The molecule has 0 unspecified atom stereocenters. The predicted octanol–water partition coefficient (Wildman–Crippen LogP) is 15.1. The molecule has 2 heterocycles. The molecular formula is C52H33NO2. The highest BCUT2D eigenvalue weighted by molar-refractivity contribution is 6.19. The Kier molecular flexibility index (Phi) is 7.17. The van der Waals surface area contributed by atoms with E-state index in [9.17, 15) is 0 Å². The van der Waals surface area contributed by atoms with Crippen LogP contribution in [0.5, 0.6) is 0 Å². The zero-order chi connectivity index (χ0) is 36.3. The Morgan fingerprint density at radius 1 is 0.327 bits per heavy atom. The van der Waals surface area contributed by atoms with Crippen LogP contribution in [-0.2, 0) is 0 Å². The number of nitrogens with zero attached hydrogens (tertiary/aromatic N) is 1. The number of benzene rings is 9. The van der Waals surface area contributed by atoms with Gasteiger partial charge >= 0.3 is 0 Å². The van der Waals surface area contributed by atoms with Gasteiger partial charge in [0, 0.05) is 27.4 Å². The molecule has 2 aromatic heterocycles. The van der Waals surface area contributed by atoms with Crippen molar-refractivity contribution in [2.75, 3.05) is 4.90 Å². The number of furan rings is 2. The van der Waals surface area contributed by atoms with E-state index in [0.717, 1.165) is 77.6 Å². The van der Waals surface area contributed by atoms with Gasteiger partial charge in [-0.15, -0.1) is 0 Å². The topological polar surface area (TPSA) is 29.5 Å². The SMILES string of the molecule is c1ccc(-c2ccc3ccccc3c2-c2ccc(N(c3cccc4c3oc3ccccc34)c3ccc(-c4ccccc4)c4oc5ccccc5c34)cc2)cc1. The van der Waals surface area contributed by atoms with Crippen LogP contribution in [0.25, 0.3) is 88.0 Å². The van der Waals surface area contributed by atoms with Crippen LogP contribution in [0.2, 0.25) is 0 Å². The van der Waals surface area contributed by atoms with Crippen LogP contribution >= 0.6 is 0 Å². The van der Waals surface area contributed by atoms with E-state index in [2.05, 4.69) is 181 Å². The molecule has 0 atom stereocenters.